The molecule has 1 aromatic rings. The van der Waals surface area contributed by atoms with Crippen molar-refractivity contribution in [1.29, 1.82) is 0 Å². The number of aromatic carboxylic acids is 1. The first-order valence-corrected chi connectivity index (χ1v) is 6.14. The second kappa shape index (κ2) is 7.34. The first kappa shape index (κ1) is 15.8. The molecule has 0 fully saturated rings. The van der Waals surface area contributed by atoms with Crippen LogP contribution < -0.4 is 16.4 Å². The summed E-state index contributed by atoms with van der Waals surface area (Å²) < 4.78 is 0. The topological polar surface area (TPSA) is 122 Å². The van der Waals surface area contributed by atoms with Crippen LogP contribution in [0, 0.1) is 0 Å². The van der Waals surface area contributed by atoms with Crippen LogP contribution in [0.5, 0.6) is 0 Å². The normalized spacial score (nSPS) is 9.85. The lowest BCUT2D eigenvalue weighted by Gasteiger charge is -2.08. The van der Waals surface area contributed by atoms with E-state index in [1.54, 1.807) is 0 Å². The number of hydrogen-bond donors (Lipinski definition) is 4. The molecule has 0 heterocycles. The third-order valence-electron chi connectivity index (χ3n) is 2.34. The number of carboxylic acids is 1. The van der Waals surface area contributed by atoms with Crippen molar-refractivity contribution in [3.8, 4) is 0 Å². The van der Waals surface area contributed by atoms with Crippen molar-refractivity contribution in [3.63, 3.8) is 0 Å². The molecule has 20 heavy (non-hydrogen) atoms. The molecule has 0 unspecified atom stereocenters. The van der Waals surface area contributed by atoms with Gasteiger partial charge in [0.05, 0.1) is 10.6 Å². The Morgan fingerprint density at radius 2 is 2.00 bits per heavy atom. The molecule has 0 aliphatic heterocycles. The Bertz CT molecular complexity index is 533. The standard InChI is InChI=1S/C12H14ClN3O4/c13-9-6-7(3-4-8(9)11(18)19)16-12(20)15-5-1-2-10(14)17/h3-4,6H,1-2,5H2,(H2,14,17)(H,18,19)(H2,15,16,20). The summed E-state index contributed by atoms with van der Waals surface area (Å²) >= 11 is 5.77. The number of hydrogen-bond acceptors (Lipinski definition) is 3. The Balaban J connectivity index is 2.48. The second-order valence-electron chi connectivity index (χ2n) is 3.95. The molecule has 8 heteroatoms. The van der Waals surface area contributed by atoms with Gasteiger partial charge in [-0.3, -0.25) is 4.79 Å². The van der Waals surface area contributed by atoms with Crippen molar-refractivity contribution >= 4 is 35.2 Å². The van der Waals surface area contributed by atoms with Gasteiger partial charge < -0.3 is 21.5 Å². The molecule has 1 rings (SSSR count). The SMILES string of the molecule is NC(=O)CCCNC(=O)Nc1ccc(C(=O)O)c(Cl)c1. The van der Waals surface area contributed by atoms with E-state index in [1.165, 1.54) is 18.2 Å². The highest BCUT2D eigenvalue weighted by atomic mass is 35.5. The van der Waals surface area contributed by atoms with E-state index < -0.39 is 17.9 Å². The van der Waals surface area contributed by atoms with Crippen LogP contribution in [-0.4, -0.2) is 29.6 Å². The predicted octanol–water partition coefficient (Wildman–Crippen LogP) is 1.43. The fourth-order valence-corrected chi connectivity index (χ4v) is 1.67. The number of primary amides is 1. The van der Waals surface area contributed by atoms with Crippen LogP contribution in [0.3, 0.4) is 0 Å². The minimum Gasteiger partial charge on any atom is -0.478 e. The number of amides is 3. The zero-order valence-corrected chi connectivity index (χ0v) is 11.2. The van der Waals surface area contributed by atoms with Crippen molar-refractivity contribution in [1.82, 2.24) is 5.32 Å². The fourth-order valence-electron chi connectivity index (χ4n) is 1.41. The van der Waals surface area contributed by atoms with Gasteiger partial charge in [-0.1, -0.05) is 11.6 Å². The van der Waals surface area contributed by atoms with Gasteiger partial charge in [-0.15, -0.1) is 0 Å². The molecule has 0 saturated carbocycles. The van der Waals surface area contributed by atoms with Gasteiger partial charge in [-0.25, -0.2) is 9.59 Å². The summed E-state index contributed by atoms with van der Waals surface area (Å²) in [5, 5.41) is 13.9. The van der Waals surface area contributed by atoms with E-state index >= 15 is 0 Å². The second-order valence-corrected chi connectivity index (χ2v) is 4.36. The summed E-state index contributed by atoms with van der Waals surface area (Å²) in [7, 11) is 0. The highest BCUT2D eigenvalue weighted by Crippen LogP contribution is 2.20. The fraction of sp³-hybridized carbons (Fsp3) is 0.250. The third kappa shape index (κ3) is 5.15. The van der Waals surface area contributed by atoms with Crippen LogP contribution in [-0.2, 0) is 4.79 Å². The van der Waals surface area contributed by atoms with Crippen molar-refractivity contribution in [3.05, 3.63) is 28.8 Å². The number of nitrogens with one attached hydrogen (secondary N) is 2. The number of halogens is 1. The minimum absolute atomic E-state index is 0.0315. The van der Waals surface area contributed by atoms with Crippen LogP contribution in [0.2, 0.25) is 5.02 Å². The maximum atomic E-state index is 11.5. The van der Waals surface area contributed by atoms with Crippen LogP contribution in [0.25, 0.3) is 0 Å². The maximum Gasteiger partial charge on any atom is 0.337 e. The summed E-state index contributed by atoms with van der Waals surface area (Å²) in [4.78, 5) is 32.7. The molecular formula is C12H14ClN3O4. The first-order valence-electron chi connectivity index (χ1n) is 5.76. The Labute approximate surface area is 120 Å². The third-order valence-corrected chi connectivity index (χ3v) is 2.66. The summed E-state index contributed by atoms with van der Waals surface area (Å²) in [6, 6.07) is 3.59. The van der Waals surface area contributed by atoms with E-state index in [0.717, 1.165) is 0 Å². The highest BCUT2D eigenvalue weighted by Gasteiger charge is 2.10. The lowest BCUT2D eigenvalue weighted by molar-refractivity contribution is -0.118. The molecule has 7 nitrogen and oxygen atoms in total. The molecule has 0 saturated heterocycles. The molecule has 3 amide bonds. The lowest BCUT2D eigenvalue weighted by atomic mass is 10.2. The van der Waals surface area contributed by atoms with E-state index in [0.29, 0.717) is 18.7 Å². The van der Waals surface area contributed by atoms with E-state index in [9.17, 15) is 14.4 Å². The van der Waals surface area contributed by atoms with Gasteiger partial charge in [0.25, 0.3) is 0 Å². The molecule has 108 valence electrons. The predicted molar refractivity (Wildman–Crippen MR) is 73.9 cm³/mol. The smallest absolute Gasteiger partial charge is 0.337 e. The average molecular weight is 300 g/mol. The summed E-state index contributed by atoms with van der Waals surface area (Å²) in [5.74, 6) is -1.57. The van der Waals surface area contributed by atoms with Crippen LogP contribution in [0.1, 0.15) is 23.2 Å². The molecule has 0 radical (unpaired) electrons. The lowest BCUT2D eigenvalue weighted by Crippen LogP contribution is -2.30. The van der Waals surface area contributed by atoms with Crippen LogP contribution in [0.4, 0.5) is 10.5 Å². The summed E-state index contributed by atoms with van der Waals surface area (Å²) in [5.41, 5.74) is 5.28. The maximum absolute atomic E-state index is 11.5. The van der Waals surface area contributed by atoms with E-state index in [1.807, 2.05) is 0 Å². The van der Waals surface area contributed by atoms with Gasteiger partial charge in [0.2, 0.25) is 5.91 Å². The molecule has 0 spiro atoms. The van der Waals surface area contributed by atoms with Crippen molar-refractivity contribution in [2.24, 2.45) is 5.73 Å². The Morgan fingerprint density at radius 3 is 2.55 bits per heavy atom. The molecule has 1 aromatic carbocycles. The molecule has 0 aliphatic carbocycles. The number of rotatable bonds is 6. The zero-order valence-electron chi connectivity index (χ0n) is 10.5. The first-order chi connectivity index (χ1) is 9.40. The van der Waals surface area contributed by atoms with Crippen molar-refractivity contribution in [2.45, 2.75) is 12.8 Å². The molecular weight excluding hydrogens is 286 g/mol. The average Bonchev–Trinajstić information content (AvgIpc) is 2.34. The van der Waals surface area contributed by atoms with Crippen LogP contribution >= 0.6 is 11.6 Å². The number of carboxylic acid groups (broad SMARTS) is 1. The molecule has 0 bridgehead atoms. The Morgan fingerprint density at radius 1 is 1.30 bits per heavy atom. The van der Waals surface area contributed by atoms with Gasteiger partial charge in [-0.2, -0.15) is 0 Å². The number of anilines is 1. The number of benzene rings is 1. The van der Waals surface area contributed by atoms with Crippen molar-refractivity contribution in [2.75, 3.05) is 11.9 Å². The largest absolute Gasteiger partial charge is 0.478 e. The molecule has 0 atom stereocenters. The highest BCUT2D eigenvalue weighted by molar-refractivity contribution is 6.33. The van der Waals surface area contributed by atoms with E-state index in [-0.39, 0.29) is 17.0 Å². The monoisotopic (exact) mass is 299 g/mol. The Kier molecular flexibility index (Phi) is 5.79. The minimum atomic E-state index is -1.14. The number of carbonyl (C=O) groups is 3. The quantitative estimate of drug-likeness (QED) is 0.593. The van der Waals surface area contributed by atoms with Crippen LogP contribution in [0.15, 0.2) is 18.2 Å². The van der Waals surface area contributed by atoms with Gasteiger partial charge in [0, 0.05) is 18.7 Å². The van der Waals surface area contributed by atoms with Gasteiger partial charge in [-0.05, 0) is 24.6 Å². The number of carbonyl (C=O) groups excluding carboxylic acids is 2. The van der Waals surface area contributed by atoms with E-state index in [4.69, 9.17) is 22.4 Å². The summed E-state index contributed by atoms with van der Waals surface area (Å²) in [6.45, 7) is 0.301. The zero-order chi connectivity index (χ0) is 15.1. The molecule has 5 N–H and O–H groups in total. The van der Waals surface area contributed by atoms with Crippen molar-refractivity contribution < 1.29 is 19.5 Å². The van der Waals surface area contributed by atoms with Gasteiger partial charge in [0.1, 0.15) is 0 Å². The van der Waals surface area contributed by atoms with Gasteiger partial charge >= 0.3 is 12.0 Å². The van der Waals surface area contributed by atoms with Gasteiger partial charge in [0.15, 0.2) is 0 Å². The Hall–Kier alpha value is -2.28. The number of urea groups is 1. The van der Waals surface area contributed by atoms with E-state index in [2.05, 4.69) is 10.6 Å². The molecule has 0 aromatic heterocycles. The summed E-state index contributed by atoms with van der Waals surface area (Å²) in [6.07, 6.45) is 0.640. The molecule has 0 aliphatic rings. The number of nitrogens with two attached hydrogens (primary N) is 1.